The molecular formula is C25H31N5O3. The van der Waals surface area contributed by atoms with Crippen LogP contribution < -0.4 is 15.5 Å². The SMILES string of the molecule is CC[C@H]1NC(=O)N(c2cccc(NC(=O)N3CCCN(Cc4ccccc4)C[C@H]3C)c2)C1=O. The lowest BCUT2D eigenvalue weighted by Crippen LogP contribution is -2.44. The zero-order valence-electron chi connectivity index (χ0n) is 19.2. The normalized spacial score (nSPS) is 21.6. The van der Waals surface area contributed by atoms with E-state index < -0.39 is 12.1 Å². The molecule has 33 heavy (non-hydrogen) atoms. The van der Waals surface area contributed by atoms with Crippen molar-refractivity contribution in [1.82, 2.24) is 15.1 Å². The van der Waals surface area contributed by atoms with Crippen LogP contribution in [0.25, 0.3) is 0 Å². The van der Waals surface area contributed by atoms with Crippen LogP contribution in [-0.2, 0) is 11.3 Å². The molecule has 0 aliphatic carbocycles. The third-order valence-corrected chi connectivity index (χ3v) is 6.22. The second kappa shape index (κ2) is 10.0. The minimum atomic E-state index is -0.507. The van der Waals surface area contributed by atoms with Gasteiger partial charge in [-0.05, 0) is 43.5 Å². The van der Waals surface area contributed by atoms with Crippen LogP contribution in [0.15, 0.2) is 54.6 Å². The number of anilines is 2. The molecule has 2 saturated heterocycles. The Balaban J connectivity index is 1.40. The molecule has 0 aromatic heterocycles. The first-order valence-corrected chi connectivity index (χ1v) is 11.5. The highest BCUT2D eigenvalue weighted by atomic mass is 16.2. The van der Waals surface area contributed by atoms with Crippen LogP contribution >= 0.6 is 0 Å². The molecule has 5 amide bonds. The van der Waals surface area contributed by atoms with E-state index >= 15 is 0 Å². The van der Waals surface area contributed by atoms with Crippen LogP contribution in [0.1, 0.15) is 32.3 Å². The first-order chi connectivity index (χ1) is 16.0. The molecule has 8 heteroatoms. The van der Waals surface area contributed by atoms with E-state index in [1.165, 1.54) is 5.56 Å². The Labute approximate surface area is 194 Å². The second-order valence-corrected chi connectivity index (χ2v) is 8.68. The van der Waals surface area contributed by atoms with Gasteiger partial charge in [-0.2, -0.15) is 0 Å². The predicted octanol–water partition coefficient (Wildman–Crippen LogP) is 3.65. The van der Waals surface area contributed by atoms with E-state index in [1.807, 2.05) is 30.0 Å². The fourth-order valence-corrected chi connectivity index (χ4v) is 4.51. The number of nitrogens with one attached hydrogen (secondary N) is 2. The van der Waals surface area contributed by atoms with Crippen LogP contribution in [0.2, 0.25) is 0 Å². The topological polar surface area (TPSA) is 85.0 Å². The molecule has 0 radical (unpaired) electrons. The van der Waals surface area contributed by atoms with Crippen molar-refractivity contribution in [3.05, 3.63) is 60.2 Å². The highest BCUT2D eigenvalue weighted by Crippen LogP contribution is 2.24. The molecular weight excluding hydrogens is 418 g/mol. The molecule has 2 aromatic carbocycles. The number of rotatable bonds is 5. The minimum absolute atomic E-state index is 0.0515. The third kappa shape index (κ3) is 5.17. The monoisotopic (exact) mass is 449 g/mol. The quantitative estimate of drug-likeness (QED) is 0.683. The molecule has 2 fully saturated rings. The summed E-state index contributed by atoms with van der Waals surface area (Å²) in [5, 5.41) is 5.64. The first-order valence-electron chi connectivity index (χ1n) is 11.5. The highest BCUT2D eigenvalue weighted by molar-refractivity contribution is 6.21. The zero-order chi connectivity index (χ0) is 23.4. The number of amides is 5. The number of carbonyl (C=O) groups is 3. The summed E-state index contributed by atoms with van der Waals surface area (Å²) < 4.78 is 0. The van der Waals surface area contributed by atoms with Gasteiger partial charge < -0.3 is 15.5 Å². The number of benzene rings is 2. The summed E-state index contributed by atoms with van der Waals surface area (Å²) in [5.41, 5.74) is 2.27. The molecule has 2 aromatic rings. The van der Waals surface area contributed by atoms with E-state index in [4.69, 9.17) is 0 Å². The number of nitrogens with zero attached hydrogens (tertiary/aromatic N) is 3. The molecule has 0 bridgehead atoms. The van der Waals surface area contributed by atoms with Crippen molar-refractivity contribution in [2.75, 3.05) is 29.9 Å². The molecule has 2 atom stereocenters. The summed E-state index contributed by atoms with van der Waals surface area (Å²) in [6.45, 7) is 7.19. The van der Waals surface area contributed by atoms with Crippen LogP contribution in [0.4, 0.5) is 21.0 Å². The molecule has 2 N–H and O–H groups in total. The molecule has 2 aliphatic rings. The minimum Gasteiger partial charge on any atom is -0.325 e. The third-order valence-electron chi connectivity index (χ3n) is 6.22. The van der Waals surface area contributed by atoms with Crippen molar-refractivity contribution in [3.63, 3.8) is 0 Å². The van der Waals surface area contributed by atoms with Gasteiger partial charge in [0, 0.05) is 37.9 Å². The van der Waals surface area contributed by atoms with Crippen molar-refractivity contribution >= 4 is 29.3 Å². The van der Waals surface area contributed by atoms with Gasteiger partial charge in [0.05, 0.1) is 5.69 Å². The number of imide groups is 1. The molecule has 2 aliphatic heterocycles. The molecule has 0 unspecified atom stereocenters. The summed E-state index contributed by atoms with van der Waals surface area (Å²) in [5.74, 6) is -0.273. The van der Waals surface area contributed by atoms with E-state index in [9.17, 15) is 14.4 Å². The number of hydrogen-bond donors (Lipinski definition) is 2. The summed E-state index contributed by atoms with van der Waals surface area (Å²) in [6, 6.07) is 16.2. The Hall–Kier alpha value is -3.39. The van der Waals surface area contributed by atoms with Crippen molar-refractivity contribution in [2.45, 2.75) is 45.3 Å². The average molecular weight is 450 g/mol. The van der Waals surface area contributed by atoms with Gasteiger partial charge in [0.25, 0.3) is 5.91 Å². The van der Waals surface area contributed by atoms with Gasteiger partial charge in [-0.25, -0.2) is 14.5 Å². The zero-order valence-corrected chi connectivity index (χ0v) is 19.2. The van der Waals surface area contributed by atoms with Gasteiger partial charge in [-0.1, -0.05) is 43.3 Å². The predicted molar refractivity (Wildman–Crippen MR) is 128 cm³/mol. The maximum absolute atomic E-state index is 13.1. The smallest absolute Gasteiger partial charge is 0.325 e. The summed E-state index contributed by atoms with van der Waals surface area (Å²) in [6.07, 6.45) is 1.43. The lowest BCUT2D eigenvalue weighted by molar-refractivity contribution is -0.118. The van der Waals surface area contributed by atoms with Gasteiger partial charge in [0.15, 0.2) is 0 Å². The second-order valence-electron chi connectivity index (χ2n) is 8.68. The Morgan fingerprint density at radius 2 is 1.88 bits per heavy atom. The Kier molecular flexibility index (Phi) is 6.93. The lowest BCUT2D eigenvalue weighted by Gasteiger charge is -2.29. The summed E-state index contributed by atoms with van der Waals surface area (Å²) >= 11 is 0. The fraction of sp³-hybridized carbons (Fsp3) is 0.400. The van der Waals surface area contributed by atoms with Gasteiger partial charge in [-0.3, -0.25) is 9.69 Å². The molecule has 4 rings (SSSR count). The van der Waals surface area contributed by atoms with Gasteiger partial charge in [-0.15, -0.1) is 0 Å². The van der Waals surface area contributed by atoms with Crippen molar-refractivity contribution in [1.29, 1.82) is 0 Å². The van der Waals surface area contributed by atoms with E-state index in [0.717, 1.165) is 31.0 Å². The Bertz CT molecular complexity index is 1010. The summed E-state index contributed by atoms with van der Waals surface area (Å²) in [4.78, 5) is 43.3. The Morgan fingerprint density at radius 1 is 1.09 bits per heavy atom. The number of carbonyl (C=O) groups excluding carboxylic acids is 3. The van der Waals surface area contributed by atoms with Crippen LogP contribution in [0, 0.1) is 0 Å². The van der Waals surface area contributed by atoms with Crippen LogP contribution in [-0.4, -0.2) is 59.5 Å². The standard InChI is InChI=1S/C25H31N5O3/c1-3-22-23(31)30(25(33)27-22)21-12-7-11-20(15-21)26-24(32)29-14-8-13-28(16-18(29)2)17-19-9-5-4-6-10-19/h4-7,9-12,15,18,22H,3,8,13-14,16-17H2,1-2H3,(H,26,32)(H,27,33)/t18-,22-/m1/s1. The number of urea groups is 2. The molecule has 2 heterocycles. The van der Waals surface area contributed by atoms with Crippen molar-refractivity contribution in [2.24, 2.45) is 0 Å². The van der Waals surface area contributed by atoms with Crippen LogP contribution in [0.3, 0.4) is 0 Å². The van der Waals surface area contributed by atoms with E-state index in [-0.39, 0.29) is 18.0 Å². The lowest BCUT2D eigenvalue weighted by atomic mass is 10.2. The fourth-order valence-electron chi connectivity index (χ4n) is 4.51. The molecule has 0 spiro atoms. The van der Waals surface area contributed by atoms with E-state index in [2.05, 4.69) is 34.6 Å². The maximum Gasteiger partial charge on any atom is 0.329 e. The van der Waals surface area contributed by atoms with Crippen molar-refractivity contribution in [3.8, 4) is 0 Å². The number of hydrogen-bond acceptors (Lipinski definition) is 4. The largest absolute Gasteiger partial charge is 0.329 e. The first kappa shape index (κ1) is 22.8. The van der Waals surface area contributed by atoms with Crippen LogP contribution in [0.5, 0.6) is 0 Å². The molecule has 0 saturated carbocycles. The highest BCUT2D eigenvalue weighted by Gasteiger charge is 2.38. The Morgan fingerprint density at radius 3 is 2.61 bits per heavy atom. The summed E-state index contributed by atoms with van der Waals surface area (Å²) in [7, 11) is 0. The average Bonchev–Trinajstić information content (AvgIpc) is 2.96. The van der Waals surface area contributed by atoms with E-state index in [0.29, 0.717) is 24.3 Å². The van der Waals surface area contributed by atoms with Gasteiger partial charge in [0.2, 0.25) is 0 Å². The van der Waals surface area contributed by atoms with E-state index in [1.54, 1.807) is 24.3 Å². The van der Waals surface area contributed by atoms with Crippen molar-refractivity contribution < 1.29 is 14.4 Å². The maximum atomic E-state index is 13.1. The molecule has 174 valence electrons. The molecule has 8 nitrogen and oxygen atoms in total. The van der Waals surface area contributed by atoms with Gasteiger partial charge in [0.1, 0.15) is 6.04 Å². The van der Waals surface area contributed by atoms with Gasteiger partial charge >= 0.3 is 12.1 Å².